The number of amides is 3. The van der Waals surface area contributed by atoms with Crippen molar-refractivity contribution in [3.05, 3.63) is 79.9 Å². The lowest BCUT2D eigenvalue weighted by Gasteiger charge is -2.39. The van der Waals surface area contributed by atoms with Crippen LogP contribution in [0.5, 0.6) is 0 Å². The Bertz CT molecular complexity index is 1570. The highest BCUT2D eigenvalue weighted by Gasteiger charge is 2.74. The van der Waals surface area contributed by atoms with Crippen LogP contribution in [0.2, 0.25) is 0 Å². The molecule has 2 bridgehead atoms. The summed E-state index contributed by atoms with van der Waals surface area (Å²) in [6, 6.07) is 15.6. The first-order valence-electron chi connectivity index (χ1n) is 15.2. The van der Waals surface area contributed by atoms with Crippen LogP contribution in [0, 0.1) is 11.8 Å². The number of aliphatic hydroxyl groups excluding tert-OH is 1. The number of anilines is 1. The molecular formula is C33H38N6O4S. The van der Waals surface area contributed by atoms with Gasteiger partial charge in [0.05, 0.1) is 34.7 Å². The van der Waals surface area contributed by atoms with E-state index in [1.54, 1.807) is 43.3 Å². The average Bonchev–Trinajstić information content (AvgIpc) is 3.80. The largest absolute Gasteiger partial charge is 0.394 e. The molecule has 3 fully saturated rings. The van der Waals surface area contributed by atoms with E-state index in [1.807, 2.05) is 61.5 Å². The summed E-state index contributed by atoms with van der Waals surface area (Å²) in [4.78, 5) is 48.7. The lowest BCUT2D eigenvalue weighted by atomic mass is 9.70. The average molecular weight is 615 g/mol. The molecule has 6 atom stereocenters. The molecule has 1 spiro atoms. The Morgan fingerprint density at radius 2 is 1.84 bits per heavy atom. The van der Waals surface area contributed by atoms with E-state index in [9.17, 15) is 19.5 Å². The van der Waals surface area contributed by atoms with Gasteiger partial charge in [-0.15, -0.1) is 30.0 Å². The van der Waals surface area contributed by atoms with Gasteiger partial charge in [-0.2, -0.15) is 0 Å². The van der Waals surface area contributed by atoms with Crippen LogP contribution in [0.1, 0.15) is 26.2 Å². The highest BCUT2D eigenvalue weighted by molar-refractivity contribution is 8.02. The molecule has 0 radical (unpaired) electrons. The summed E-state index contributed by atoms with van der Waals surface area (Å²) in [5.74, 6) is -1.86. The smallest absolute Gasteiger partial charge is 0.248 e. The van der Waals surface area contributed by atoms with Crippen LogP contribution in [0.3, 0.4) is 0 Å². The fourth-order valence-electron chi connectivity index (χ4n) is 7.43. The Morgan fingerprint density at radius 1 is 1.11 bits per heavy atom. The van der Waals surface area contributed by atoms with Gasteiger partial charge in [0.15, 0.2) is 0 Å². The predicted octanol–water partition coefficient (Wildman–Crippen LogP) is 3.48. The SMILES string of the molecule is C=CCN(Cn1nnc2ccccc21)C(=O)C1N([C@@H](CC)CO)C(=O)[C@@H]2[C@H](C(=O)N(CC=C)c3ccccc3)[C@@H]3CCC12S3. The van der Waals surface area contributed by atoms with Crippen molar-refractivity contribution in [3.8, 4) is 0 Å². The molecule has 3 aliphatic rings. The third-order valence-electron chi connectivity index (χ3n) is 9.36. The van der Waals surface area contributed by atoms with E-state index in [1.165, 1.54) is 0 Å². The van der Waals surface area contributed by atoms with E-state index in [2.05, 4.69) is 23.5 Å². The number of para-hydroxylation sites is 2. The molecule has 3 saturated heterocycles. The summed E-state index contributed by atoms with van der Waals surface area (Å²) in [6.45, 7) is 10.1. The van der Waals surface area contributed by atoms with Gasteiger partial charge >= 0.3 is 0 Å². The minimum Gasteiger partial charge on any atom is -0.394 e. The summed E-state index contributed by atoms with van der Waals surface area (Å²) in [7, 11) is 0. The molecule has 3 aromatic rings. The molecule has 230 valence electrons. The maximum atomic E-state index is 14.8. The second kappa shape index (κ2) is 12.2. The number of carbonyl (C=O) groups is 3. The van der Waals surface area contributed by atoms with Crippen molar-refractivity contribution in [1.82, 2.24) is 24.8 Å². The number of benzene rings is 2. The van der Waals surface area contributed by atoms with Gasteiger partial charge in [-0.05, 0) is 43.5 Å². The molecule has 0 aliphatic carbocycles. The summed E-state index contributed by atoms with van der Waals surface area (Å²) in [5.41, 5.74) is 2.25. The number of likely N-dealkylation sites (tertiary alicyclic amines) is 1. The molecule has 1 N–H and O–H groups in total. The van der Waals surface area contributed by atoms with Crippen molar-refractivity contribution in [3.63, 3.8) is 0 Å². The minimum absolute atomic E-state index is 0.0914. The lowest BCUT2D eigenvalue weighted by Crippen LogP contribution is -2.57. The molecule has 6 rings (SSSR count). The van der Waals surface area contributed by atoms with Gasteiger partial charge in [-0.25, -0.2) is 4.68 Å². The van der Waals surface area contributed by atoms with Crippen LogP contribution in [-0.2, 0) is 21.1 Å². The van der Waals surface area contributed by atoms with E-state index >= 15 is 0 Å². The lowest BCUT2D eigenvalue weighted by molar-refractivity contribution is -0.146. The van der Waals surface area contributed by atoms with Crippen molar-refractivity contribution in [2.24, 2.45) is 11.8 Å². The number of hydrogen-bond acceptors (Lipinski definition) is 7. The normalized spacial score (nSPS) is 26.0. The van der Waals surface area contributed by atoms with Crippen LogP contribution >= 0.6 is 11.8 Å². The van der Waals surface area contributed by atoms with Gasteiger partial charge in [-0.1, -0.05) is 54.6 Å². The number of carbonyl (C=O) groups excluding carboxylic acids is 3. The van der Waals surface area contributed by atoms with Gasteiger partial charge < -0.3 is 19.8 Å². The summed E-state index contributed by atoms with van der Waals surface area (Å²) in [6.07, 6.45) is 5.19. The molecule has 2 aromatic carbocycles. The molecule has 11 heteroatoms. The van der Waals surface area contributed by atoms with E-state index in [4.69, 9.17) is 0 Å². The highest BCUT2D eigenvalue weighted by Crippen LogP contribution is 2.67. The van der Waals surface area contributed by atoms with Crippen LogP contribution in [0.25, 0.3) is 11.0 Å². The Morgan fingerprint density at radius 3 is 2.55 bits per heavy atom. The van der Waals surface area contributed by atoms with Crippen molar-refractivity contribution in [1.29, 1.82) is 0 Å². The quantitative estimate of drug-likeness (QED) is 0.311. The van der Waals surface area contributed by atoms with Crippen LogP contribution in [0.15, 0.2) is 79.9 Å². The Balaban J connectivity index is 1.39. The summed E-state index contributed by atoms with van der Waals surface area (Å²) >= 11 is 1.62. The molecule has 0 saturated carbocycles. The number of rotatable bonds is 12. The number of aromatic nitrogens is 3. The standard InChI is InChI=1S/C33H38N6O4S/c1-4-18-36(21-38-25-15-11-10-14-24(25)34-35-38)32(43)29-33-17-16-26(44-33)27(28(33)31(42)39(29)22(6-3)20-40)30(41)37(19-5-2)23-12-8-7-9-13-23/h4-5,7-15,22,26-29,40H,1-2,6,16-21H2,3H3/t22-,26-,27+,28-,29?,33?/m0/s1. The molecule has 4 heterocycles. The first-order chi connectivity index (χ1) is 21.4. The van der Waals surface area contributed by atoms with E-state index in [0.717, 1.165) is 23.1 Å². The first-order valence-corrected chi connectivity index (χ1v) is 16.0. The summed E-state index contributed by atoms with van der Waals surface area (Å²) < 4.78 is 0.886. The Hall–Kier alpha value is -3.96. The fraction of sp³-hybridized carbons (Fsp3) is 0.424. The summed E-state index contributed by atoms with van der Waals surface area (Å²) in [5, 5.41) is 18.9. The van der Waals surface area contributed by atoms with Crippen LogP contribution in [-0.4, -0.2) is 89.4 Å². The second-order valence-corrected chi connectivity index (χ2v) is 13.3. The zero-order chi connectivity index (χ0) is 31.0. The van der Waals surface area contributed by atoms with Crippen LogP contribution in [0.4, 0.5) is 5.69 Å². The molecule has 44 heavy (non-hydrogen) atoms. The monoisotopic (exact) mass is 614 g/mol. The highest BCUT2D eigenvalue weighted by atomic mass is 32.2. The van der Waals surface area contributed by atoms with Crippen molar-refractivity contribution in [2.45, 2.75) is 54.9 Å². The fourth-order valence-corrected chi connectivity index (χ4v) is 9.62. The molecule has 1 aromatic heterocycles. The molecule has 2 unspecified atom stereocenters. The third-order valence-corrected chi connectivity index (χ3v) is 11.3. The topological polar surface area (TPSA) is 112 Å². The molecule has 10 nitrogen and oxygen atoms in total. The number of fused-ring (bicyclic) bond motifs is 2. The number of hydrogen-bond donors (Lipinski definition) is 1. The van der Waals surface area contributed by atoms with Crippen LogP contribution < -0.4 is 4.90 Å². The Labute approximate surface area is 261 Å². The van der Waals surface area contributed by atoms with E-state index in [-0.39, 0.29) is 42.8 Å². The van der Waals surface area contributed by atoms with Crippen molar-refractivity contribution >= 4 is 46.2 Å². The van der Waals surface area contributed by atoms with Gasteiger partial charge in [0, 0.05) is 24.0 Å². The van der Waals surface area contributed by atoms with Crippen molar-refractivity contribution in [2.75, 3.05) is 24.6 Å². The second-order valence-electron chi connectivity index (χ2n) is 11.7. The van der Waals surface area contributed by atoms with Crippen molar-refractivity contribution < 1.29 is 19.5 Å². The predicted molar refractivity (Wildman–Crippen MR) is 171 cm³/mol. The molecule has 3 aliphatic heterocycles. The number of aliphatic hydroxyl groups is 1. The van der Waals surface area contributed by atoms with Gasteiger partial charge in [0.2, 0.25) is 17.7 Å². The zero-order valence-electron chi connectivity index (χ0n) is 24.9. The zero-order valence-corrected chi connectivity index (χ0v) is 25.7. The van der Waals surface area contributed by atoms with E-state index in [0.29, 0.717) is 19.4 Å². The minimum atomic E-state index is -0.843. The van der Waals surface area contributed by atoms with Gasteiger partial charge in [0.25, 0.3) is 0 Å². The molecular weight excluding hydrogens is 576 g/mol. The Kier molecular flexibility index (Phi) is 8.34. The van der Waals surface area contributed by atoms with E-state index < -0.39 is 28.7 Å². The number of nitrogens with zero attached hydrogens (tertiary/aromatic N) is 6. The number of thioether (sulfide) groups is 1. The van der Waals surface area contributed by atoms with Gasteiger partial charge in [-0.3, -0.25) is 14.4 Å². The molecule has 3 amide bonds. The first kappa shape index (κ1) is 30.1. The maximum Gasteiger partial charge on any atom is 0.248 e. The maximum absolute atomic E-state index is 14.8. The third kappa shape index (κ3) is 4.73. The van der Waals surface area contributed by atoms with Gasteiger partial charge in [0.1, 0.15) is 18.2 Å².